The first-order valence-corrected chi connectivity index (χ1v) is 9.77. The molecule has 1 fully saturated rings. The number of ether oxygens (including phenoxy) is 2. The van der Waals surface area contributed by atoms with Crippen molar-refractivity contribution in [3.05, 3.63) is 57.9 Å². The standard InChI is InChI=1S/C21H20FN3O6/c1-12(13-2-5-18-19(8-13)31-7-6-30-18)23-21(27)14-9-20(26)24(11-14)15-3-4-16(22)17(10-15)25(28)29/h2-5,8,10,12,14H,6-7,9,11H2,1H3,(H,23,27). The van der Waals surface area contributed by atoms with Crippen LogP contribution in [0.4, 0.5) is 15.8 Å². The maximum atomic E-state index is 13.6. The van der Waals surface area contributed by atoms with E-state index in [-0.39, 0.29) is 36.5 Å². The monoisotopic (exact) mass is 429 g/mol. The lowest BCUT2D eigenvalue weighted by molar-refractivity contribution is -0.387. The number of benzene rings is 2. The van der Waals surface area contributed by atoms with Crippen LogP contribution in [0.15, 0.2) is 36.4 Å². The van der Waals surface area contributed by atoms with Crippen molar-refractivity contribution in [1.29, 1.82) is 0 Å². The second-order valence-electron chi connectivity index (χ2n) is 7.43. The van der Waals surface area contributed by atoms with Crippen LogP contribution in [-0.4, -0.2) is 36.5 Å². The summed E-state index contributed by atoms with van der Waals surface area (Å²) in [4.78, 5) is 36.6. The summed E-state index contributed by atoms with van der Waals surface area (Å²) in [6.07, 6.45) is -0.0368. The van der Waals surface area contributed by atoms with E-state index in [2.05, 4.69) is 5.32 Å². The number of fused-ring (bicyclic) bond motifs is 1. The van der Waals surface area contributed by atoms with E-state index in [1.807, 2.05) is 19.1 Å². The Labute approximate surface area is 176 Å². The fraction of sp³-hybridized carbons (Fsp3) is 0.333. The van der Waals surface area contributed by atoms with Crippen molar-refractivity contribution in [3.8, 4) is 11.5 Å². The zero-order valence-corrected chi connectivity index (χ0v) is 16.7. The molecule has 0 radical (unpaired) electrons. The van der Waals surface area contributed by atoms with Crippen LogP contribution in [0.2, 0.25) is 0 Å². The smallest absolute Gasteiger partial charge is 0.306 e. The Kier molecular flexibility index (Phi) is 5.45. The average Bonchev–Trinajstić information content (AvgIpc) is 3.15. The molecule has 2 atom stereocenters. The lowest BCUT2D eigenvalue weighted by atomic mass is 10.0. The zero-order valence-electron chi connectivity index (χ0n) is 16.7. The molecule has 0 bridgehead atoms. The molecule has 2 unspecified atom stereocenters. The summed E-state index contributed by atoms with van der Waals surface area (Å²) in [6.45, 7) is 2.82. The van der Waals surface area contributed by atoms with Crippen LogP contribution in [0, 0.1) is 21.8 Å². The number of carbonyl (C=O) groups is 2. The number of nitrogens with one attached hydrogen (secondary N) is 1. The number of amides is 2. The molecule has 10 heteroatoms. The van der Waals surface area contributed by atoms with E-state index in [9.17, 15) is 24.1 Å². The van der Waals surface area contributed by atoms with Gasteiger partial charge >= 0.3 is 5.69 Å². The predicted molar refractivity (Wildman–Crippen MR) is 108 cm³/mol. The van der Waals surface area contributed by atoms with Crippen molar-refractivity contribution in [3.63, 3.8) is 0 Å². The van der Waals surface area contributed by atoms with Crippen molar-refractivity contribution >= 4 is 23.2 Å². The molecule has 2 aromatic carbocycles. The summed E-state index contributed by atoms with van der Waals surface area (Å²) in [5, 5.41) is 13.9. The summed E-state index contributed by atoms with van der Waals surface area (Å²) in [5.41, 5.74) is 0.298. The number of anilines is 1. The molecule has 9 nitrogen and oxygen atoms in total. The Morgan fingerprint density at radius 3 is 2.71 bits per heavy atom. The fourth-order valence-electron chi connectivity index (χ4n) is 3.69. The molecule has 0 spiro atoms. The van der Waals surface area contributed by atoms with E-state index in [1.165, 1.54) is 11.0 Å². The second kappa shape index (κ2) is 8.21. The Bertz CT molecular complexity index is 1060. The van der Waals surface area contributed by atoms with Crippen molar-refractivity contribution in [2.24, 2.45) is 5.92 Å². The Hall–Kier alpha value is -3.69. The SMILES string of the molecule is CC(NC(=O)C1CC(=O)N(c2ccc(F)c([N+](=O)[O-])c2)C1)c1ccc2c(c1)OCCO2. The molecule has 162 valence electrons. The molecular weight excluding hydrogens is 409 g/mol. The van der Waals surface area contributed by atoms with E-state index in [4.69, 9.17) is 9.47 Å². The van der Waals surface area contributed by atoms with Crippen LogP contribution in [0.1, 0.15) is 24.9 Å². The molecular formula is C21H20FN3O6. The molecule has 0 aromatic heterocycles. The van der Waals surface area contributed by atoms with Crippen molar-refractivity contribution < 1.29 is 28.4 Å². The summed E-state index contributed by atoms with van der Waals surface area (Å²) in [7, 11) is 0. The minimum absolute atomic E-state index is 0.0368. The number of nitro groups is 1. The molecule has 0 aliphatic carbocycles. The fourth-order valence-corrected chi connectivity index (χ4v) is 3.69. The van der Waals surface area contributed by atoms with Crippen LogP contribution in [0.25, 0.3) is 0 Å². The lowest BCUT2D eigenvalue weighted by Gasteiger charge is -2.22. The van der Waals surface area contributed by atoms with Gasteiger partial charge in [-0.25, -0.2) is 0 Å². The van der Waals surface area contributed by atoms with E-state index >= 15 is 0 Å². The molecule has 31 heavy (non-hydrogen) atoms. The van der Waals surface area contributed by atoms with Gasteiger partial charge in [-0.15, -0.1) is 0 Å². The molecule has 0 saturated carbocycles. The van der Waals surface area contributed by atoms with Crippen molar-refractivity contribution in [2.75, 3.05) is 24.7 Å². The van der Waals surface area contributed by atoms with Crippen LogP contribution >= 0.6 is 0 Å². The van der Waals surface area contributed by atoms with E-state index in [0.29, 0.717) is 24.7 Å². The van der Waals surface area contributed by atoms with Gasteiger partial charge in [0.05, 0.1) is 22.6 Å². The maximum absolute atomic E-state index is 13.6. The molecule has 2 aliphatic heterocycles. The minimum Gasteiger partial charge on any atom is -0.486 e. The van der Waals surface area contributed by atoms with Gasteiger partial charge in [-0.1, -0.05) is 6.07 Å². The van der Waals surface area contributed by atoms with Crippen molar-refractivity contribution in [2.45, 2.75) is 19.4 Å². The molecule has 2 amide bonds. The predicted octanol–water partition coefficient (Wildman–Crippen LogP) is 2.74. The van der Waals surface area contributed by atoms with Gasteiger partial charge in [-0.05, 0) is 36.8 Å². The van der Waals surface area contributed by atoms with Gasteiger partial charge in [0.15, 0.2) is 11.5 Å². The van der Waals surface area contributed by atoms with Crippen LogP contribution < -0.4 is 19.7 Å². The summed E-state index contributed by atoms with van der Waals surface area (Å²) in [5.74, 6) is -1.01. The highest BCUT2D eigenvalue weighted by atomic mass is 19.1. The van der Waals surface area contributed by atoms with Gasteiger partial charge in [0.1, 0.15) is 13.2 Å². The lowest BCUT2D eigenvalue weighted by Crippen LogP contribution is -2.34. The third-order valence-corrected chi connectivity index (χ3v) is 5.36. The van der Waals surface area contributed by atoms with Gasteiger partial charge in [-0.3, -0.25) is 19.7 Å². The zero-order chi connectivity index (χ0) is 22.1. The van der Waals surface area contributed by atoms with E-state index in [1.54, 1.807) is 6.07 Å². The van der Waals surface area contributed by atoms with Crippen molar-refractivity contribution in [1.82, 2.24) is 5.32 Å². The highest BCUT2D eigenvalue weighted by Gasteiger charge is 2.36. The number of hydrogen-bond donors (Lipinski definition) is 1. The van der Waals surface area contributed by atoms with Crippen LogP contribution in [0.3, 0.4) is 0 Å². The molecule has 2 aromatic rings. The van der Waals surface area contributed by atoms with Crippen LogP contribution in [0.5, 0.6) is 11.5 Å². The number of carbonyl (C=O) groups excluding carboxylic acids is 2. The third-order valence-electron chi connectivity index (χ3n) is 5.36. The van der Waals surface area contributed by atoms with Gasteiger partial charge in [-0.2, -0.15) is 4.39 Å². The highest BCUT2D eigenvalue weighted by Crippen LogP contribution is 2.33. The highest BCUT2D eigenvalue weighted by molar-refractivity contribution is 6.00. The Morgan fingerprint density at radius 2 is 1.97 bits per heavy atom. The largest absolute Gasteiger partial charge is 0.486 e. The first-order valence-electron chi connectivity index (χ1n) is 9.77. The first kappa shape index (κ1) is 20.6. The Balaban J connectivity index is 1.44. The van der Waals surface area contributed by atoms with Gasteiger partial charge in [0.25, 0.3) is 0 Å². The second-order valence-corrected chi connectivity index (χ2v) is 7.43. The molecule has 4 rings (SSSR count). The van der Waals surface area contributed by atoms with Gasteiger partial charge in [0.2, 0.25) is 17.6 Å². The Morgan fingerprint density at radius 1 is 1.23 bits per heavy atom. The normalized spacial score (nSPS) is 18.6. The number of rotatable bonds is 5. The first-order chi connectivity index (χ1) is 14.8. The van der Waals surface area contributed by atoms with Crippen LogP contribution in [-0.2, 0) is 9.59 Å². The summed E-state index contributed by atoms with van der Waals surface area (Å²) >= 11 is 0. The number of hydrogen-bond acceptors (Lipinski definition) is 6. The summed E-state index contributed by atoms with van der Waals surface area (Å²) < 4.78 is 24.7. The minimum atomic E-state index is -0.983. The number of halogens is 1. The molecule has 2 aliphatic rings. The third kappa shape index (κ3) is 4.14. The average molecular weight is 429 g/mol. The molecule has 2 heterocycles. The molecule has 1 N–H and O–H groups in total. The molecule has 1 saturated heterocycles. The van der Waals surface area contributed by atoms with E-state index in [0.717, 1.165) is 17.7 Å². The summed E-state index contributed by atoms with van der Waals surface area (Å²) in [6, 6.07) is 8.33. The quantitative estimate of drug-likeness (QED) is 0.578. The van der Waals surface area contributed by atoms with Gasteiger partial charge < -0.3 is 19.7 Å². The van der Waals surface area contributed by atoms with Gasteiger partial charge in [0, 0.05) is 19.0 Å². The maximum Gasteiger partial charge on any atom is 0.306 e. The number of nitrogens with zero attached hydrogens (tertiary/aromatic N) is 2. The topological polar surface area (TPSA) is 111 Å². The van der Waals surface area contributed by atoms with E-state index < -0.39 is 22.3 Å². The number of nitro benzene ring substituents is 1.